The molecule has 27 heavy (non-hydrogen) atoms. The molecule has 0 spiro atoms. The first-order valence-electron chi connectivity index (χ1n) is 9.87. The number of piperazine rings is 1. The van der Waals surface area contributed by atoms with E-state index >= 15 is 0 Å². The van der Waals surface area contributed by atoms with Crippen molar-refractivity contribution in [2.75, 3.05) is 72.7 Å². The summed E-state index contributed by atoms with van der Waals surface area (Å²) < 4.78 is 11.0. The van der Waals surface area contributed by atoms with Crippen molar-refractivity contribution >= 4 is 35.8 Å². The second-order valence-corrected chi connectivity index (χ2v) is 7.24. The lowest BCUT2D eigenvalue weighted by Gasteiger charge is -2.38. The minimum Gasteiger partial charge on any atom is -0.379 e. The highest BCUT2D eigenvalue weighted by atomic mass is 127. The predicted octanol–water partition coefficient (Wildman–Crippen LogP) is 0.224. The van der Waals surface area contributed by atoms with Crippen molar-refractivity contribution in [3.63, 3.8) is 0 Å². The highest BCUT2D eigenvalue weighted by Gasteiger charge is 2.31. The van der Waals surface area contributed by atoms with Gasteiger partial charge in [0.05, 0.1) is 13.2 Å². The van der Waals surface area contributed by atoms with Crippen molar-refractivity contribution in [3.05, 3.63) is 0 Å². The van der Waals surface area contributed by atoms with E-state index in [2.05, 4.69) is 27.0 Å². The van der Waals surface area contributed by atoms with Crippen LogP contribution in [0.4, 0.5) is 0 Å². The molecular formula is C18H34IN5O3. The van der Waals surface area contributed by atoms with Gasteiger partial charge in [-0.15, -0.1) is 24.0 Å². The van der Waals surface area contributed by atoms with Crippen molar-refractivity contribution < 1.29 is 14.3 Å². The molecule has 0 radical (unpaired) electrons. The van der Waals surface area contributed by atoms with Gasteiger partial charge in [-0.3, -0.25) is 14.7 Å². The van der Waals surface area contributed by atoms with Crippen LogP contribution in [0.1, 0.15) is 19.8 Å². The lowest BCUT2D eigenvalue weighted by atomic mass is 10.2. The van der Waals surface area contributed by atoms with E-state index in [1.54, 1.807) is 0 Å². The van der Waals surface area contributed by atoms with E-state index < -0.39 is 0 Å². The number of aliphatic imine (C=N–C) groups is 1. The summed E-state index contributed by atoms with van der Waals surface area (Å²) in [7, 11) is 1.83. The number of guanidine groups is 1. The maximum absolute atomic E-state index is 12.5. The monoisotopic (exact) mass is 495 g/mol. The van der Waals surface area contributed by atoms with Crippen LogP contribution in [0, 0.1) is 0 Å². The molecule has 9 heteroatoms. The molecule has 0 aromatic carbocycles. The normalized spacial score (nSPS) is 25.9. The van der Waals surface area contributed by atoms with E-state index in [4.69, 9.17) is 9.47 Å². The summed E-state index contributed by atoms with van der Waals surface area (Å²) >= 11 is 0. The molecule has 3 aliphatic rings. The summed E-state index contributed by atoms with van der Waals surface area (Å²) in [4.78, 5) is 23.5. The Balaban J connectivity index is 0.00000261. The number of nitrogens with zero attached hydrogens (tertiary/aromatic N) is 4. The molecule has 3 fully saturated rings. The van der Waals surface area contributed by atoms with Gasteiger partial charge < -0.3 is 24.6 Å². The van der Waals surface area contributed by atoms with E-state index in [1.807, 2.05) is 11.9 Å². The number of carbonyl (C=O) groups excluding carboxylic acids is 1. The Bertz CT molecular complexity index is 487. The number of ether oxygens (including phenoxy) is 2. The van der Waals surface area contributed by atoms with Gasteiger partial charge in [0, 0.05) is 65.5 Å². The number of hydrogen-bond acceptors (Lipinski definition) is 5. The van der Waals surface area contributed by atoms with E-state index in [1.165, 1.54) is 0 Å². The molecule has 0 bridgehead atoms. The molecule has 0 aromatic heterocycles. The molecule has 3 saturated heterocycles. The summed E-state index contributed by atoms with van der Waals surface area (Å²) in [6.07, 6.45) is 1.64. The average molecular weight is 495 g/mol. The van der Waals surface area contributed by atoms with Crippen LogP contribution in [-0.4, -0.2) is 111 Å². The number of hydrogen-bond donors (Lipinski definition) is 1. The van der Waals surface area contributed by atoms with Crippen molar-refractivity contribution in [2.24, 2.45) is 4.99 Å². The Morgan fingerprint density at radius 3 is 2.37 bits per heavy atom. The first-order chi connectivity index (χ1) is 12.7. The van der Waals surface area contributed by atoms with Crippen molar-refractivity contribution in [3.8, 4) is 0 Å². The van der Waals surface area contributed by atoms with Gasteiger partial charge in [-0.05, 0) is 19.8 Å². The van der Waals surface area contributed by atoms with Crippen LogP contribution >= 0.6 is 24.0 Å². The zero-order valence-electron chi connectivity index (χ0n) is 16.6. The highest BCUT2D eigenvalue weighted by Crippen LogP contribution is 2.16. The van der Waals surface area contributed by atoms with Gasteiger partial charge in [-0.1, -0.05) is 0 Å². The summed E-state index contributed by atoms with van der Waals surface area (Å²) in [6, 6.07) is 0.443. The van der Waals surface area contributed by atoms with Crippen LogP contribution in [0.25, 0.3) is 0 Å². The molecule has 3 heterocycles. The molecule has 2 unspecified atom stereocenters. The zero-order chi connectivity index (χ0) is 18.4. The standard InChI is InChI=1S/C18H33N5O3.HI/c1-15(21-9-12-25-13-10-21)14-20-18(19-2)23-7-5-22(6-8-23)17(24)16-4-3-11-26-16;/h15-16H,3-14H2,1-2H3,(H,19,20);1H. The van der Waals surface area contributed by atoms with Gasteiger partial charge in [-0.2, -0.15) is 0 Å². The second-order valence-electron chi connectivity index (χ2n) is 7.24. The first-order valence-corrected chi connectivity index (χ1v) is 9.87. The first kappa shape index (κ1) is 22.6. The number of morpholine rings is 1. The molecule has 2 atom stereocenters. The van der Waals surface area contributed by atoms with Crippen molar-refractivity contribution in [1.29, 1.82) is 0 Å². The maximum atomic E-state index is 12.5. The van der Waals surface area contributed by atoms with Gasteiger partial charge in [0.1, 0.15) is 6.10 Å². The van der Waals surface area contributed by atoms with Crippen LogP contribution in [0.5, 0.6) is 0 Å². The van der Waals surface area contributed by atoms with Gasteiger partial charge in [0.2, 0.25) is 0 Å². The molecule has 1 N–H and O–H groups in total. The smallest absolute Gasteiger partial charge is 0.251 e. The SMILES string of the molecule is CN=C(NCC(C)N1CCOCC1)N1CCN(C(=O)C2CCCO2)CC1.I. The molecule has 3 aliphatic heterocycles. The topological polar surface area (TPSA) is 69.6 Å². The Hall–Kier alpha value is -0.650. The Morgan fingerprint density at radius 2 is 1.78 bits per heavy atom. The van der Waals surface area contributed by atoms with Crippen LogP contribution < -0.4 is 5.32 Å². The van der Waals surface area contributed by atoms with Crippen molar-refractivity contribution in [2.45, 2.75) is 31.9 Å². The van der Waals surface area contributed by atoms with Gasteiger partial charge in [0.15, 0.2) is 5.96 Å². The number of nitrogens with one attached hydrogen (secondary N) is 1. The third-order valence-corrected chi connectivity index (χ3v) is 5.53. The molecule has 3 rings (SSSR count). The lowest BCUT2D eigenvalue weighted by Crippen LogP contribution is -2.56. The molecule has 8 nitrogen and oxygen atoms in total. The quantitative estimate of drug-likeness (QED) is 0.342. The van der Waals surface area contributed by atoms with Gasteiger partial charge in [-0.25, -0.2) is 0 Å². The Morgan fingerprint density at radius 1 is 1.11 bits per heavy atom. The Labute approximate surface area is 179 Å². The Kier molecular flexibility index (Phi) is 9.54. The lowest BCUT2D eigenvalue weighted by molar-refractivity contribution is -0.142. The fourth-order valence-electron chi connectivity index (χ4n) is 3.83. The third kappa shape index (κ3) is 6.16. The molecular weight excluding hydrogens is 461 g/mol. The fraction of sp³-hybridized carbons (Fsp3) is 0.889. The maximum Gasteiger partial charge on any atom is 0.251 e. The van der Waals surface area contributed by atoms with Gasteiger partial charge in [0.25, 0.3) is 5.91 Å². The summed E-state index contributed by atoms with van der Waals surface area (Å²) in [6.45, 7) is 10.5. The van der Waals surface area contributed by atoms with E-state index in [-0.39, 0.29) is 36.0 Å². The van der Waals surface area contributed by atoms with E-state index in [0.717, 1.165) is 77.8 Å². The summed E-state index contributed by atoms with van der Waals surface area (Å²) in [5, 5.41) is 3.50. The van der Waals surface area contributed by atoms with E-state index in [0.29, 0.717) is 12.6 Å². The van der Waals surface area contributed by atoms with Crippen molar-refractivity contribution in [1.82, 2.24) is 20.0 Å². The van der Waals surface area contributed by atoms with Crippen LogP contribution in [0.3, 0.4) is 0 Å². The van der Waals surface area contributed by atoms with E-state index in [9.17, 15) is 4.79 Å². The number of carbonyl (C=O) groups is 1. The minimum atomic E-state index is -0.214. The average Bonchev–Trinajstić information content (AvgIpc) is 3.24. The van der Waals surface area contributed by atoms with Crippen LogP contribution in [-0.2, 0) is 14.3 Å². The summed E-state index contributed by atoms with van der Waals surface area (Å²) in [5.74, 6) is 1.08. The molecule has 156 valence electrons. The third-order valence-electron chi connectivity index (χ3n) is 5.53. The van der Waals surface area contributed by atoms with Crippen LogP contribution in [0.2, 0.25) is 0 Å². The highest BCUT2D eigenvalue weighted by molar-refractivity contribution is 14.0. The minimum absolute atomic E-state index is 0. The molecule has 1 amide bonds. The number of halogens is 1. The largest absolute Gasteiger partial charge is 0.379 e. The number of rotatable bonds is 4. The predicted molar refractivity (Wildman–Crippen MR) is 116 cm³/mol. The zero-order valence-corrected chi connectivity index (χ0v) is 18.9. The molecule has 0 aliphatic carbocycles. The molecule has 0 aromatic rings. The number of amides is 1. The van der Waals surface area contributed by atoms with Crippen LogP contribution in [0.15, 0.2) is 4.99 Å². The van der Waals surface area contributed by atoms with Gasteiger partial charge >= 0.3 is 0 Å². The molecule has 0 saturated carbocycles. The summed E-state index contributed by atoms with van der Waals surface area (Å²) in [5.41, 5.74) is 0. The second kappa shape index (κ2) is 11.4. The fourth-order valence-corrected chi connectivity index (χ4v) is 3.83.